The number of carbonyl (C=O) groups is 2. The number of hydrogen-bond donors (Lipinski definition) is 1. The van der Waals surface area contributed by atoms with Crippen molar-refractivity contribution in [1.82, 2.24) is 10.2 Å². The lowest BCUT2D eigenvalue weighted by Gasteiger charge is -2.34. The van der Waals surface area contributed by atoms with Gasteiger partial charge in [-0.25, -0.2) is 0 Å². The zero-order valence-electron chi connectivity index (χ0n) is 20.5. The van der Waals surface area contributed by atoms with Crippen LogP contribution in [0.3, 0.4) is 0 Å². The van der Waals surface area contributed by atoms with E-state index >= 15 is 0 Å². The van der Waals surface area contributed by atoms with Crippen LogP contribution >= 0.6 is 27.7 Å². The molecule has 3 aromatic carbocycles. The molecule has 0 heterocycles. The van der Waals surface area contributed by atoms with Crippen LogP contribution in [0.5, 0.6) is 0 Å². The van der Waals surface area contributed by atoms with Gasteiger partial charge in [-0.3, -0.25) is 9.59 Å². The molecule has 0 aliphatic rings. The maximum absolute atomic E-state index is 13.6. The Kier molecular flexibility index (Phi) is 9.99. The molecule has 184 valence electrons. The third-order valence-corrected chi connectivity index (χ3v) is 6.83. The molecule has 0 saturated heterocycles. The van der Waals surface area contributed by atoms with E-state index in [-0.39, 0.29) is 11.8 Å². The molecule has 35 heavy (non-hydrogen) atoms. The predicted molar refractivity (Wildman–Crippen MR) is 149 cm³/mol. The Morgan fingerprint density at radius 1 is 0.886 bits per heavy atom. The Morgan fingerprint density at radius 2 is 1.49 bits per heavy atom. The van der Waals surface area contributed by atoms with Crippen molar-refractivity contribution in [3.05, 3.63) is 106 Å². The largest absolute Gasteiger partial charge is 0.350 e. The van der Waals surface area contributed by atoms with Crippen molar-refractivity contribution in [2.24, 2.45) is 0 Å². The summed E-state index contributed by atoms with van der Waals surface area (Å²) >= 11 is 5.10. The molecule has 6 heteroatoms. The second-order valence-electron chi connectivity index (χ2n) is 9.57. The highest BCUT2D eigenvalue weighted by Crippen LogP contribution is 2.20. The van der Waals surface area contributed by atoms with Gasteiger partial charge in [0.15, 0.2) is 0 Å². The molecule has 1 atom stereocenters. The first kappa shape index (κ1) is 27.0. The number of nitrogens with one attached hydrogen (secondary N) is 1. The third-order valence-electron chi connectivity index (χ3n) is 5.35. The molecular weight excluding hydrogens is 520 g/mol. The molecular formula is C29H33BrN2O2S. The zero-order chi connectivity index (χ0) is 25.3. The van der Waals surface area contributed by atoms with Crippen molar-refractivity contribution in [3.63, 3.8) is 0 Å². The number of benzene rings is 3. The van der Waals surface area contributed by atoms with Crippen molar-refractivity contribution >= 4 is 39.5 Å². The van der Waals surface area contributed by atoms with Crippen LogP contribution in [0, 0.1) is 0 Å². The fourth-order valence-corrected chi connectivity index (χ4v) is 5.07. The number of carbonyl (C=O) groups excluding carboxylic acids is 2. The molecule has 0 spiro atoms. The molecule has 0 fully saturated rings. The summed E-state index contributed by atoms with van der Waals surface area (Å²) in [5, 5.41) is 3.11. The molecule has 3 rings (SSSR count). The summed E-state index contributed by atoms with van der Waals surface area (Å²) in [5.41, 5.74) is 2.77. The van der Waals surface area contributed by atoms with Crippen molar-refractivity contribution in [3.8, 4) is 0 Å². The minimum absolute atomic E-state index is 0.0455. The highest BCUT2D eigenvalue weighted by atomic mass is 79.9. The van der Waals surface area contributed by atoms with Crippen LogP contribution < -0.4 is 5.32 Å². The number of amides is 2. The molecule has 0 aromatic heterocycles. The van der Waals surface area contributed by atoms with Gasteiger partial charge in [0.2, 0.25) is 11.8 Å². The average Bonchev–Trinajstić information content (AvgIpc) is 2.81. The summed E-state index contributed by atoms with van der Waals surface area (Å²) in [4.78, 5) is 28.9. The van der Waals surface area contributed by atoms with Crippen molar-refractivity contribution in [1.29, 1.82) is 0 Å². The summed E-state index contributed by atoms with van der Waals surface area (Å²) < 4.78 is 0.944. The number of halogens is 1. The summed E-state index contributed by atoms with van der Waals surface area (Å²) in [6, 6.07) is 27.3. The van der Waals surface area contributed by atoms with Crippen molar-refractivity contribution in [2.45, 2.75) is 51.1 Å². The topological polar surface area (TPSA) is 49.4 Å². The smallest absolute Gasteiger partial charge is 0.243 e. The van der Waals surface area contributed by atoms with E-state index < -0.39 is 11.6 Å². The first-order valence-corrected chi connectivity index (χ1v) is 13.7. The van der Waals surface area contributed by atoms with Crippen LogP contribution in [0.4, 0.5) is 0 Å². The van der Waals surface area contributed by atoms with Crippen LogP contribution in [0.15, 0.2) is 89.4 Å². The molecule has 4 nitrogen and oxygen atoms in total. The monoisotopic (exact) mass is 552 g/mol. The van der Waals surface area contributed by atoms with Gasteiger partial charge in [-0.1, -0.05) is 88.7 Å². The van der Waals surface area contributed by atoms with Crippen molar-refractivity contribution in [2.75, 3.05) is 5.75 Å². The van der Waals surface area contributed by atoms with Crippen molar-refractivity contribution < 1.29 is 9.59 Å². The van der Waals surface area contributed by atoms with E-state index in [0.29, 0.717) is 18.7 Å². The van der Waals surface area contributed by atoms with E-state index in [1.165, 1.54) is 5.56 Å². The summed E-state index contributed by atoms with van der Waals surface area (Å²) in [6.45, 7) is 6.24. The quantitative estimate of drug-likeness (QED) is 0.324. The van der Waals surface area contributed by atoms with Crippen LogP contribution in [-0.2, 0) is 28.3 Å². The lowest BCUT2D eigenvalue weighted by molar-refractivity contribution is -0.140. The zero-order valence-corrected chi connectivity index (χ0v) is 22.9. The van der Waals surface area contributed by atoms with E-state index in [0.717, 1.165) is 21.4 Å². The molecule has 0 saturated carbocycles. The Balaban J connectivity index is 1.87. The average molecular weight is 554 g/mol. The van der Waals surface area contributed by atoms with Crippen LogP contribution in [0.2, 0.25) is 0 Å². The lowest BCUT2D eigenvalue weighted by atomic mass is 10.0. The number of rotatable bonds is 10. The van der Waals surface area contributed by atoms with E-state index in [1.807, 2.05) is 93.6 Å². The molecule has 0 aliphatic heterocycles. The van der Waals surface area contributed by atoms with Crippen LogP contribution in [-0.4, -0.2) is 34.0 Å². The standard InChI is InChI=1S/C29H33BrN2O2S/c1-29(2,3)31-28(34)26(18-22-11-6-4-7-12-22)32(19-24-15-10-16-25(30)17-24)27(33)21-35-20-23-13-8-5-9-14-23/h4-17,26H,18-21H2,1-3H3,(H,31,34)/t26-/m0/s1. The molecule has 0 radical (unpaired) electrons. The maximum Gasteiger partial charge on any atom is 0.243 e. The SMILES string of the molecule is CC(C)(C)NC(=O)[C@H](Cc1ccccc1)N(Cc1cccc(Br)c1)C(=O)CSCc1ccccc1. The fourth-order valence-electron chi connectivity index (χ4n) is 3.75. The van der Waals surface area contributed by atoms with Gasteiger partial charge in [0.05, 0.1) is 5.75 Å². The minimum Gasteiger partial charge on any atom is -0.350 e. The Labute approximate surface area is 221 Å². The Bertz CT molecular complexity index is 1100. The van der Waals surface area contributed by atoms with Gasteiger partial charge in [0, 0.05) is 28.7 Å². The molecule has 1 N–H and O–H groups in total. The molecule has 0 bridgehead atoms. The van der Waals surface area contributed by atoms with E-state index in [2.05, 4.69) is 33.4 Å². The van der Waals surface area contributed by atoms with Gasteiger partial charge >= 0.3 is 0 Å². The second-order valence-corrected chi connectivity index (χ2v) is 11.5. The van der Waals surface area contributed by atoms with Crippen LogP contribution in [0.25, 0.3) is 0 Å². The molecule has 2 amide bonds. The van der Waals surface area contributed by atoms with Gasteiger partial charge in [-0.05, 0) is 49.6 Å². The fraction of sp³-hybridized carbons (Fsp3) is 0.310. The summed E-state index contributed by atoms with van der Waals surface area (Å²) in [5.74, 6) is 0.861. The number of thioether (sulfide) groups is 1. The van der Waals surface area contributed by atoms with Gasteiger partial charge in [-0.2, -0.15) is 0 Å². The number of nitrogens with zero attached hydrogens (tertiary/aromatic N) is 1. The first-order chi connectivity index (χ1) is 16.7. The molecule has 3 aromatic rings. The van der Waals surface area contributed by atoms with Gasteiger partial charge in [0.25, 0.3) is 0 Å². The highest BCUT2D eigenvalue weighted by molar-refractivity contribution is 9.10. The first-order valence-electron chi connectivity index (χ1n) is 11.7. The Hall–Kier alpha value is -2.57. The second kappa shape index (κ2) is 12.9. The predicted octanol–water partition coefficient (Wildman–Crippen LogP) is 6.24. The lowest BCUT2D eigenvalue weighted by Crippen LogP contribution is -2.54. The molecule has 0 unspecified atom stereocenters. The van der Waals surface area contributed by atoms with Gasteiger partial charge in [0.1, 0.15) is 6.04 Å². The van der Waals surface area contributed by atoms with Gasteiger partial charge in [-0.15, -0.1) is 11.8 Å². The minimum atomic E-state index is -0.625. The maximum atomic E-state index is 13.6. The number of hydrogen-bond acceptors (Lipinski definition) is 3. The Morgan fingerprint density at radius 3 is 2.09 bits per heavy atom. The van der Waals surface area contributed by atoms with Gasteiger partial charge < -0.3 is 10.2 Å². The van der Waals surface area contributed by atoms with E-state index in [4.69, 9.17) is 0 Å². The molecule has 0 aliphatic carbocycles. The van der Waals surface area contributed by atoms with E-state index in [9.17, 15) is 9.59 Å². The summed E-state index contributed by atoms with van der Waals surface area (Å²) in [7, 11) is 0. The highest BCUT2D eigenvalue weighted by Gasteiger charge is 2.32. The van der Waals surface area contributed by atoms with E-state index in [1.54, 1.807) is 16.7 Å². The summed E-state index contributed by atoms with van der Waals surface area (Å²) in [6.07, 6.45) is 0.450. The normalized spacial score (nSPS) is 12.1. The van der Waals surface area contributed by atoms with Crippen LogP contribution in [0.1, 0.15) is 37.5 Å². The third kappa shape index (κ3) is 9.19.